The van der Waals surface area contributed by atoms with Gasteiger partial charge >= 0.3 is 0 Å². The van der Waals surface area contributed by atoms with Gasteiger partial charge in [-0.05, 0) is 52.3 Å². The highest BCUT2D eigenvalue weighted by atomic mass is 16.3. The van der Waals surface area contributed by atoms with Gasteiger partial charge in [0.2, 0.25) is 17.7 Å². The number of amides is 3. The van der Waals surface area contributed by atoms with E-state index in [0.717, 1.165) is 0 Å². The zero-order valence-electron chi connectivity index (χ0n) is 15.2. The zero-order chi connectivity index (χ0) is 18.8. The molecule has 0 aromatic carbocycles. The van der Waals surface area contributed by atoms with Gasteiger partial charge in [-0.3, -0.25) is 14.4 Å². The summed E-state index contributed by atoms with van der Waals surface area (Å²) in [6, 6.07) is 2.61. The molecule has 1 unspecified atom stereocenters. The third-order valence-corrected chi connectivity index (χ3v) is 3.12. The molecular formula is C18H27N3O4. The molecule has 7 heteroatoms. The SMILES string of the molecule is CC(C)NC(=O)CCC(NC(=O)C=Cc1ccco1)C(=O)NC(C)C. The molecule has 7 nitrogen and oxygen atoms in total. The van der Waals surface area contributed by atoms with Crippen molar-refractivity contribution in [3.8, 4) is 0 Å². The molecule has 0 saturated heterocycles. The maximum atomic E-state index is 12.3. The van der Waals surface area contributed by atoms with Crippen LogP contribution >= 0.6 is 0 Å². The molecule has 0 aliphatic carbocycles. The second-order valence-corrected chi connectivity index (χ2v) is 6.33. The minimum absolute atomic E-state index is 0.0289. The Hall–Kier alpha value is -2.57. The molecule has 0 spiro atoms. The van der Waals surface area contributed by atoms with Crippen LogP contribution in [-0.4, -0.2) is 35.8 Å². The molecule has 25 heavy (non-hydrogen) atoms. The van der Waals surface area contributed by atoms with E-state index in [4.69, 9.17) is 4.42 Å². The standard InChI is InChI=1S/C18H27N3O4/c1-12(2)19-16(22)10-8-15(18(24)20-13(3)4)21-17(23)9-7-14-6-5-11-25-14/h5-7,9,11-13,15H,8,10H2,1-4H3,(H,19,22)(H,20,24)(H,21,23). The van der Waals surface area contributed by atoms with Gasteiger partial charge in [0.05, 0.1) is 6.26 Å². The molecule has 0 aliphatic rings. The minimum Gasteiger partial charge on any atom is -0.465 e. The molecule has 1 aromatic heterocycles. The van der Waals surface area contributed by atoms with Crippen molar-refractivity contribution in [3.63, 3.8) is 0 Å². The lowest BCUT2D eigenvalue weighted by Crippen LogP contribution is -2.48. The van der Waals surface area contributed by atoms with Crippen LogP contribution in [0.5, 0.6) is 0 Å². The van der Waals surface area contributed by atoms with Crippen molar-refractivity contribution in [1.29, 1.82) is 0 Å². The van der Waals surface area contributed by atoms with Crippen LogP contribution in [0.25, 0.3) is 6.08 Å². The molecular weight excluding hydrogens is 322 g/mol. The number of carbonyl (C=O) groups is 3. The summed E-state index contributed by atoms with van der Waals surface area (Å²) in [5.74, 6) is -0.357. The first-order valence-electron chi connectivity index (χ1n) is 8.39. The van der Waals surface area contributed by atoms with Crippen LogP contribution in [0.15, 0.2) is 28.9 Å². The fourth-order valence-corrected chi connectivity index (χ4v) is 2.09. The monoisotopic (exact) mass is 349 g/mol. The highest BCUT2D eigenvalue weighted by molar-refractivity contribution is 5.95. The Balaban J connectivity index is 2.64. The summed E-state index contributed by atoms with van der Waals surface area (Å²) in [7, 11) is 0. The van der Waals surface area contributed by atoms with Crippen molar-refractivity contribution in [1.82, 2.24) is 16.0 Å². The van der Waals surface area contributed by atoms with Gasteiger partial charge in [-0.25, -0.2) is 0 Å². The van der Waals surface area contributed by atoms with Gasteiger partial charge in [-0.1, -0.05) is 0 Å². The lowest BCUT2D eigenvalue weighted by Gasteiger charge is -2.19. The van der Waals surface area contributed by atoms with E-state index in [-0.39, 0.29) is 36.7 Å². The van der Waals surface area contributed by atoms with E-state index in [9.17, 15) is 14.4 Å². The Morgan fingerprint density at radius 1 is 1.08 bits per heavy atom. The molecule has 138 valence electrons. The molecule has 1 heterocycles. The number of hydrogen-bond acceptors (Lipinski definition) is 4. The molecule has 1 rings (SSSR count). The van der Waals surface area contributed by atoms with Crippen molar-refractivity contribution >= 4 is 23.8 Å². The number of rotatable bonds is 9. The van der Waals surface area contributed by atoms with Gasteiger partial charge in [0.15, 0.2) is 0 Å². The van der Waals surface area contributed by atoms with Crippen molar-refractivity contribution in [3.05, 3.63) is 30.2 Å². The Morgan fingerprint density at radius 2 is 1.76 bits per heavy atom. The summed E-state index contributed by atoms with van der Waals surface area (Å²) < 4.78 is 5.11. The van der Waals surface area contributed by atoms with Crippen LogP contribution < -0.4 is 16.0 Å². The normalized spacial score (nSPS) is 12.4. The first-order valence-corrected chi connectivity index (χ1v) is 8.39. The molecule has 0 bridgehead atoms. The number of furan rings is 1. The summed E-state index contributed by atoms with van der Waals surface area (Å²) in [4.78, 5) is 36.1. The maximum Gasteiger partial charge on any atom is 0.244 e. The van der Waals surface area contributed by atoms with Crippen LogP contribution in [-0.2, 0) is 14.4 Å². The smallest absolute Gasteiger partial charge is 0.244 e. The zero-order valence-corrected chi connectivity index (χ0v) is 15.2. The average Bonchev–Trinajstić information content (AvgIpc) is 3.01. The molecule has 0 radical (unpaired) electrons. The predicted molar refractivity (Wildman–Crippen MR) is 95.5 cm³/mol. The summed E-state index contributed by atoms with van der Waals surface area (Å²) in [5.41, 5.74) is 0. The van der Waals surface area contributed by atoms with Crippen LogP contribution in [0.3, 0.4) is 0 Å². The molecule has 0 fully saturated rings. The highest BCUT2D eigenvalue weighted by Gasteiger charge is 2.21. The Bertz CT molecular complexity index is 591. The quantitative estimate of drug-likeness (QED) is 0.590. The average molecular weight is 349 g/mol. The van der Waals surface area contributed by atoms with Gasteiger partial charge in [0.1, 0.15) is 11.8 Å². The van der Waals surface area contributed by atoms with Crippen LogP contribution in [0.1, 0.15) is 46.3 Å². The second-order valence-electron chi connectivity index (χ2n) is 6.33. The van der Waals surface area contributed by atoms with E-state index < -0.39 is 11.9 Å². The first-order chi connectivity index (χ1) is 11.8. The Morgan fingerprint density at radius 3 is 2.32 bits per heavy atom. The topological polar surface area (TPSA) is 100 Å². The third kappa shape index (κ3) is 8.74. The van der Waals surface area contributed by atoms with Crippen LogP contribution in [0.2, 0.25) is 0 Å². The Kier molecular flexibility index (Phi) is 8.46. The van der Waals surface area contributed by atoms with E-state index in [1.165, 1.54) is 18.4 Å². The lowest BCUT2D eigenvalue weighted by molar-refractivity contribution is -0.128. The van der Waals surface area contributed by atoms with Crippen LogP contribution in [0.4, 0.5) is 0 Å². The summed E-state index contributed by atoms with van der Waals surface area (Å²) in [6.07, 6.45) is 4.68. The van der Waals surface area contributed by atoms with Gasteiger partial charge < -0.3 is 20.4 Å². The highest BCUT2D eigenvalue weighted by Crippen LogP contribution is 2.03. The largest absolute Gasteiger partial charge is 0.465 e. The summed E-state index contributed by atoms with van der Waals surface area (Å²) in [6.45, 7) is 7.39. The molecule has 3 N–H and O–H groups in total. The van der Waals surface area contributed by atoms with E-state index in [2.05, 4.69) is 16.0 Å². The minimum atomic E-state index is -0.783. The maximum absolute atomic E-state index is 12.3. The first kappa shape index (κ1) is 20.5. The fourth-order valence-electron chi connectivity index (χ4n) is 2.09. The van der Waals surface area contributed by atoms with Gasteiger partial charge in [0.25, 0.3) is 0 Å². The van der Waals surface area contributed by atoms with Gasteiger partial charge in [-0.15, -0.1) is 0 Å². The fraction of sp³-hybridized carbons (Fsp3) is 0.500. The van der Waals surface area contributed by atoms with E-state index >= 15 is 0 Å². The number of hydrogen-bond donors (Lipinski definition) is 3. The van der Waals surface area contributed by atoms with Gasteiger partial charge in [0, 0.05) is 24.6 Å². The summed E-state index contributed by atoms with van der Waals surface area (Å²) in [5, 5.41) is 8.15. The van der Waals surface area contributed by atoms with Crippen molar-refractivity contribution in [2.45, 2.75) is 58.7 Å². The predicted octanol–water partition coefficient (Wildman–Crippen LogP) is 1.61. The molecule has 1 atom stereocenters. The van der Waals surface area contributed by atoms with Crippen molar-refractivity contribution in [2.75, 3.05) is 0 Å². The van der Waals surface area contributed by atoms with E-state index in [1.807, 2.05) is 27.7 Å². The van der Waals surface area contributed by atoms with Crippen molar-refractivity contribution in [2.24, 2.45) is 0 Å². The second kappa shape index (κ2) is 10.3. The van der Waals surface area contributed by atoms with E-state index in [0.29, 0.717) is 5.76 Å². The van der Waals surface area contributed by atoms with Crippen LogP contribution in [0, 0.1) is 0 Å². The molecule has 1 aromatic rings. The van der Waals surface area contributed by atoms with Crippen molar-refractivity contribution < 1.29 is 18.8 Å². The van der Waals surface area contributed by atoms with E-state index in [1.54, 1.807) is 12.1 Å². The molecule has 3 amide bonds. The number of carbonyl (C=O) groups excluding carboxylic acids is 3. The lowest BCUT2D eigenvalue weighted by atomic mass is 10.1. The number of nitrogens with one attached hydrogen (secondary N) is 3. The molecule has 0 aliphatic heterocycles. The summed E-state index contributed by atoms with van der Waals surface area (Å²) >= 11 is 0. The molecule has 0 saturated carbocycles. The third-order valence-electron chi connectivity index (χ3n) is 3.12. The van der Waals surface area contributed by atoms with Gasteiger partial charge in [-0.2, -0.15) is 0 Å². The Labute approximate surface area is 148 Å².